The minimum atomic E-state index is -3.17. The summed E-state index contributed by atoms with van der Waals surface area (Å²) in [7, 11) is -3.17. The topological polar surface area (TPSA) is 46.5 Å². The highest BCUT2D eigenvalue weighted by atomic mass is 31.2. The van der Waals surface area contributed by atoms with E-state index in [1.807, 2.05) is 30.3 Å². The summed E-state index contributed by atoms with van der Waals surface area (Å²) >= 11 is 0. The molecule has 1 fully saturated rings. The van der Waals surface area contributed by atoms with Gasteiger partial charge in [-0.25, -0.2) is 0 Å². The van der Waals surface area contributed by atoms with Crippen LogP contribution in [0.1, 0.15) is 18.4 Å². The van der Waals surface area contributed by atoms with Gasteiger partial charge in [0.1, 0.15) is 0 Å². The van der Waals surface area contributed by atoms with Gasteiger partial charge in [0.2, 0.25) is 7.37 Å². The minimum Gasteiger partial charge on any atom is -0.378 e. The van der Waals surface area contributed by atoms with E-state index in [1.54, 1.807) is 0 Å². The molecule has 1 heterocycles. The Kier molecular flexibility index (Phi) is 4.60. The standard InChI is InChI=1S/C14H20O3P/c1-12(14-8-5-9-17-14)10-18(15,16)11-13-6-3-2-4-7-13/h2-4,6-7,12,14H,1,5,8-11H2,(H,15,16). The van der Waals surface area contributed by atoms with Crippen LogP contribution in [-0.2, 0) is 15.5 Å². The molecule has 0 spiro atoms. The highest BCUT2D eigenvalue weighted by Gasteiger charge is 2.29. The average Bonchev–Trinajstić information content (AvgIpc) is 2.82. The number of ether oxygens (including phenoxy) is 1. The number of hydrogen-bond donors (Lipinski definition) is 1. The first-order valence-electron chi connectivity index (χ1n) is 6.36. The van der Waals surface area contributed by atoms with Crippen LogP contribution in [0.15, 0.2) is 30.3 Å². The van der Waals surface area contributed by atoms with Gasteiger partial charge in [-0.1, -0.05) is 30.3 Å². The highest BCUT2D eigenvalue weighted by Crippen LogP contribution is 2.47. The normalized spacial score (nSPS) is 24.7. The lowest BCUT2D eigenvalue weighted by Gasteiger charge is -2.21. The smallest absolute Gasteiger partial charge is 0.205 e. The molecule has 0 saturated carbocycles. The molecule has 4 heteroatoms. The van der Waals surface area contributed by atoms with Gasteiger partial charge < -0.3 is 9.63 Å². The SMILES string of the molecule is [CH2]C(CP(=O)(O)Cc1ccccc1)C1CCCO1. The largest absolute Gasteiger partial charge is 0.378 e. The molecule has 3 unspecified atom stereocenters. The monoisotopic (exact) mass is 267 g/mol. The summed E-state index contributed by atoms with van der Waals surface area (Å²) in [5.74, 6) is -0.0907. The van der Waals surface area contributed by atoms with Gasteiger partial charge in [0, 0.05) is 18.9 Å². The van der Waals surface area contributed by atoms with Crippen LogP contribution in [0.5, 0.6) is 0 Å². The molecule has 0 amide bonds. The third-order valence-corrected chi connectivity index (χ3v) is 5.18. The Balaban J connectivity index is 1.92. The second-order valence-electron chi connectivity index (χ2n) is 4.98. The molecule has 18 heavy (non-hydrogen) atoms. The van der Waals surface area contributed by atoms with Gasteiger partial charge in [-0.15, -0.1) is 0 Å². The molecule has 0 bridgehead atoms. The summed E-state index contributed by atoms with van der Waals surface area (Å²) in [6.07, 6.45) is 2.52. The summed E-state index contributed by atoms with van der Waals surface area (Å²) < 4.78 is 17.7. The van der Waals surface area contributed by atoms with Gasteiger partial charge in [-0.2, -0.15) is 0 Å². The fraction of sp³-hybridized carbons (Fsp3) is 0.500. The molecule has 0 aromatic heterocycles. The molecule has 1 N–H and O–H groups in total. The van der Waals surface area contributed by atoms with Crippen LogP contribution in [0.25, 0.3) is 0 Å². The van der Waals surface area contributed by atoms with Crippen molar-refractivity contribution in [3.05, 3.63) is 42.8 Å². The van der Waals surface area contributed by atoms with E-state index < -0.39 is 7.37 Å². The Labute approximate surface area is 109 Å². The summed E-state index contributed by atoms with van der Waals surface area (Å²) in [5.41, 5.74) is 0.905. The molecule has 2 rings (SSSR count). The molecule has 1 radical (unpaired) electrons. The van der Waals surface area contributed by atoms with Crippen molar-refractivity contribution >= 4 is 7.37 Å². The molecule has 1 aliphatic heterocycles. The van der Waals surface area contributed by atoms with Crippen LogP contribution in [0.4, 0.5) is 0 Å². The van der Waals surface area contributed by atoms with Gasteiger partial charge in [0.05, 0.1) is 6.10 Å². The van der Waals surface area contributed by atoms with Crippen LogP contribution in [0.2, 0.25) is 0 Å². The van der Waals surface area contributed by atoms with Crippen LogP contribution < -0.4 is 0 Å². The fourth-order valence-corrected chi connectivity index (χ4v) is 4.27. The van der Waals surface area contributed by atoms with Crippen molar-refractivity contribution in [3.8, 4) is 0 Å². The van der Waals surface area contributed by atoms with Crippen molar-refractivity contribution in [1.29, 1.82) is 0 Å². The Morgan fingerprint density at radius 2 is 2.17 bits per heavy atom. The van der Waals surface area contributed by atoms with Crippen LogP contribution in [0.3, 0.4) is 0 Å². The summed E-state index contributed by atoms with van der Waals surface area (Å²) in [6.45, 7) is 4.74. The van der Waals surface area contributed by atoms with Crippen molar-refractivity contribution in [3.63, 3.8) is 0 Å². The van der Waals surface area contributed by atoms with Crippen molar-refractivity contribution < 1.29 is 14.2 Å². The lowest BCUT2D eigenvalue weighted by Crippen LogP contribution is -2.20. The van der Waals surface area contributed by atoms with Crippen molar-refractivity contribution in [2.75, 3.05) is 12.8 Å². The second-order valence-corrected chi connectivity index (χ2v) is 7.36. The van der Waals surface area contributed by atoms with Gasteiger partial charge in [-0.05, 0) is 31.2 Å². The quantitative estimate of drug-likeness (QED) is 0.834. The van der Waals surface area contributed by atoms with Gasteiger partial charge in [0.15, 0.2) is 0 Å². The zero-order valence-corrected chi connectivity index (χ0v) is 11.4. The first-order chi connectivity index (χ1) is 8.57. The Morgan fingerprint density at radius 1 is 1.44 bits per heavy atom. The number of hydrogen-bond acceptors (Lipinski definition) is 2. The second kappa shape index (κ2) is 6.01. The summed E-state index contributed by atoms with van der Waals surface area (Å²) in [4.78, 5) is 10.1. The van der Waals surface area contributed by atoms with E-state index in [0.717, 1.165) is 25.0 Å². The Hall–Kier alpha value is -0.630. The highest BCUT2D eigenvalue weighted by molar-refractivity contribution is 7.57. The Morgan fingerprint density at radius 3 is 2.78 bits per heavy atom. The summed E-state index contributed by atoms with van der Waals surface area (Å²) in [5, 5.41) is 0. The lowest BCUT2D eigenvalue weighted by molar-refractivity contribution is 0.0839. The van der Waals surface area contributed by atoms with E-state index in [0.29, 0.717) is 0 Å². The van der Waals surface area contributed by atoms with E-state index in [1.165, 1.54) is 0 Å². The van der Waals surface area contributed by atoms with E-state index in [4.69, 9.17) is 4.74 Å². The van der Waals surface area contributed by atoms with Crippen molar-refractivity contribution in [1.82, 2.24) is 0 Å². The van der Waals surface area contributed by atoms with E-state index in [9.17, 15) is 9.46 Å². The summed E-state index contributed by atoms with van der Waals surface area (Å²) in [6, 6.07) is 9.44. The van der Waals surface area contributed by atoms with Crippen molar-refractivity contribution in [2.45, 2.75) is 25.1 Å². The molecule has 1 aliphatic rings. The number of benzene rings is 1. The first-order valence-corrected chi connectivity index (χ1v) is 8.39. The Bertz CT molecular complexity index is 412. The maximum Gasteiger partial charge on any atom is 0.205 e. The molecule has 3 atom stereocenters. The molecular weight excluding hydrogens is 247 g/mol. The molecule has 1 aromatic carbocycles. The first kappa shape index (κ1) is 13.8. The molecule has 1 aromatic rings. The molecule has 99 valence electrons. The van der Waals surface area contributed by atoms with Crippen LogP contribution in [-0.4, -0.2) is 23.8 Å². The van der Waals surface area contributed by atoms with Crippen LogP contribution >= 0.6 is 7.37 Å². The van der Waals surface area contributed by atoms with Gasteiger partial charge in [-0.3, -0.25) is 4.57 Å². The van der Waals surface area contributed by atoms with Gasteiger partial charge >= 0.3 is 0 Å². The predicted molar refractivity (Wildman–Crippen MR) is 72.7 cm³/mol. The predicted octanol–water partition coefficient (Wildman–Crippen LogP) is 3.09. The van der Waals surface area contributed by atoms with E-state index in [-0.39, 0.29) is 24.3 Å². The molecule has 1 saturated heterocycles. The van der Waals surface area contributed by atoms with Crippen molar-refractivity contribution in [2.24, 2.45) is 5.92 Å². The maximum atomic E-state index is 12.2. The minimum absolute atomic E-state index is 0.0567. The third kappa shape index (κ3) is 3.94. The average molecular weight is 267 g/mol. The maximum absolute atomic E-state index is 12.2. The molecule has 3 nitrogen and oxygen atoms in total. The number of rotatable bonds is 5. The third-order valence-electron chi connectivity index (χ3n) is 3.28. The lowest BCUT2D eigenvalue weighted by atomic mass is 10.0. The zero-order chi connectivity index (χ0) is 13.0. The molecule has 0 aliphatic carbocycles. The fourth-order valence-electron chi connectivity index (χ4n) is 2.39. The van der Waals surface area contributed by atoms with E-state index in [2.05, 4.69) is 6.92 Å². The molecular formula is C14H20O3P. The van der Waals surface area contributed by atoms with E-state index >= 15 is 0 Å². The van der Waals surface area contributed by atoms with Gasteiger partial charge in [0.25, 0.3) is 0 Å². The zero-order valence-electron chi connectivity index (χ0n) is 10.5. The van der Waals surface area contributed by atoms with Crippen LogP contribution in [0, 0.1) is 12.8 Å².